The SMILES string of the molecule is CCCC(=O)C1(C2CCCCC2)CCN(C(=O)C(Cc2ccc(Cl)cc2)NC(=O)NCCCc2cnc[nH]2)CC1. The molecule has 1 saturated heterocycles. The van der Waals surface area contributed by atoms with E-state index in [1.165, 1.54) is 19.3 Å². The number of likely N-dealkylation sites (tertiary alicyclic amines) is 1. The van der Waals surface area contributed by atoms with E-state index in [2.05, 4.69) is 27.5 Å². The van der Waals surface area contributed by atoms with Crippen molar-refractivity contribution >= 4 is 29.3 Å². The number of Topliss-reactive ketones (excluding diaryl/α,β-unsaturated/α-hetero) is 1. The Morgan fingerprint density at radius 1 is 1.12 bits per heavy atom. The smallest absolute Gasteiger partial charge is 0.315 e. The van der Waals surface area contributed by atoms with Crippen LogP contribution in [0.5, 0.6) is 0 Å². The Morgan fingerprint density at radius 3 is 2.50 bits per heavy atom. The molecule has 1 atom stereocenters. The monoisotopic (exact) mass is 569 g/mol. The molecule has 2 fully saturated rings. The highest BCUT2D eigenvalue weighted by atomic mass is 35.5. The van der Waals surface area contributed by atoms with E-state index in [9.17, 15) is 14.4 Å². The van der Waals surface area contributed by atoms with Gasteiger partial charge in [0.25, 0.3) is 0 Å². The number of aromatic nitrogens is 2. The lowest BCUT2D eigenvalue weighted by Crippen LogP contribution is -2.56. The van der Waals surface area contributed by atoms with Crippen molar-refractivity contribution in [2.75, 3.05) is 19.6 Å². The lowest BCUT2D eigenvalue weighted by atomic mass is 9.61. The highest BCUT2D eigenvalue weighted by molar-refractivity contribution is 6.30. The molecule has 1 unspecified atom stereocenters. The van der Waals surface area contributed by atoms with Crippen LogP contribution >= 0.6 is 11.6 Å². The molecule has 3 amide bonds. The Hall–Kier alpha value is -2.87. The van der Waals surface area contributed by atoms with Gasteiger partial charge < -0.3 is 20.5 Å². The van der Waals surface area contributed by atoms with Crippen LogP contribution in [-0.4, -0.2) is 58.3 Å². The molecule has 4 rings (SSSR count). The van der Waals surface area contributed by atoms with E-state index >= 15 is 0 Å². The van der Waals surface area contributed by atoms with Crippen molar-refractivity contribution in [3.05, 3.63) is 53.1 Å². The van der Waals surface area contributed by atoms with E-state index < -0.39 is 6.04 Å². The van der Waals surface area contributed by atoms with Gasteiger partial charge in [-0.25, -0.2) is 9.78 Å². The number of amides is 3. The van der Waals surface area contributed by atoms with E-state index in [-0.39, 0.29) is 17.4 Å². The van der Waals surface area contributed by atoms with Gasteiger partial charge in [0, 0.05) is 54.8 Å². The van der Waals surface area contributed by atoms with Crippen molar-refractivity contribution < 1.29 is 14.4 Å². The van der Waals surface area contributed by atoms with Gasteiger partial charge in [-0.3, -0.25) is 9.59 Å². The first-order valence-electron chi connectivity index (χ1n) is 15.0. The molecular formula is C31H44ClN5O3. The van der Waals surface area contributed by atoms with Gasteiger partial charge in [-0.2, -0.15) is 0 Å². The topological polar surface area (TPSA) is 107 Å². The lowest BCUT2D eigenvalue weighted by Gasteiger charge is -2.47. The molecule has 1 aromatic carbocycles. The number of aryl methyl sites for hydroxylation is 1. The Labute approximate surface area is 243 Å². The number of imidazole rings is 1. The highest BCUT2D eigenvalue weighted by Crippen LogP contribution is 2.47. The van der Waals surface area contributed by atoms with Crippen LogP contribution < -0.4 is 10.6 Å². The van der Waals surface area contributed by atoms with Crippen LogP contribution in [0.4, 0.5) is 4.79 Å². The summed E-state index contributed by atoms with van der Waals surface area (Å²) in [6, 6.07) is 6.31. The summed E-state index contributed by atoms with van der Waals surface area (Å²) in [6.45, 7) is 3.66. The third-order valence-electron chi connectivity index (χ3n) is 8.81. The van der Waals surface area contributed by atoms with Crippen molar-refractivity contribution in [1.29, 1.82) is 0 Å². The van der Waals surface area contributed by atoms with Crippen LogP contribution in [0, 0.1) is 11.3 Å². The number of rotatable bonds is 12. The van der Waals surface area contributed by atoms with E-state index in [0.29, 0.717) is 49.2 Å². The summed E-state index contributed by atoms with van der Waals surface area (Å²) in [5, 5.41) is 6.46. The molecule has 1 aliphatic heterocycles. The fraction of sp³-hybridized carbons (Fsp3) is 0.613. The van der Waals surface area contributed by atoms with Crippen LogP contribution in [-0.2, 0) is 22.4 Å². The number of carbonyl (C=O) groups is 3. The van der Waals surface area contributed by atoms with Gasteiger partial charge in [0.15, 0.2) is 0 Å². The molecule has 0 radical (unpaired) electrons. The molecule has 2 aromatic rings. The predicted molar refractivity (Wildman–Crippen MR) is 157 cm³/mol. The van der Waals surface area contributed by atoms with Crippen molar-refractivity contribution in [2.45, 2.75) is 90.0 Å². The predicted octanol–water partition coefficient (Wildman–Crippen LogP) is 5.46. The molecule has 8 nitrogen and oxygen atoms in total. The number of carbonyl (C=O) groups excluding carboxylic acids is 3. The number of nitrogens with one attached hydrogen (secondary N) is 3. The van der Waals surface area contributed by atoms with Crippen LogP contribution in [0.3, 0.4) is 0 Å². The van der Waals surface area contributed by atoms with Gasteiger partial charge in [-0.1, -0.05) is 49.9 Å². The summed E-state index contributed by atoms with van der Waals surface area (Å²) in [4.78, 5) is 49.1. The summed E-state index contributed by atoms with van der Waals surface area (Å²) in [6.07, 6.45) is 14.1. The molecule has 1 saturated carbocycles. The third-order valence-corrected chi connectivity index (χ3v) is 9.06. The van der Waals surface area contributed by atoms with Crippen LogP contribution in [0.25, 0.3) is 0 Å². The number of benzene rings is 1. The maximum atomic E-state index is 13.8. The van der Waals surface area contributed by atoms with Crippen LogP contribution in [0.1, 0.15) is 82.4 Å². The lowest BCUT2D eigenvalue weighted by molar-refractivity contribution is -0.144. The summed E-state index contributed by atoms with van der Waals surface area (Å²) >= 11 is 6.07. The van der Waals surface area contributed by atoms with Crippen LogP contribution in [0.2, 0.25) is 5.02 Å². The number of nitrogens with zero attached hydrogens (tertiary/aromatic N) is 2. The zero-order valence-electron chi connectivity index (χ0n) is 23.7. The van der Waals surface area contributed by atoms with E-state index in [0.717, 1.165) is 56.2 Å². The standard InChI is InChI=1S/C31H44ClN5O3/c1-2-7-28(38)31(24-8-4-3-5-9-24)15-18-37(19-16-31)29(39)27(20-23-11-13-25(32)14-12-23)36-30(40)34-17-6-10-26-21-33-22-35-26/h11-14,21-22,24,27H,2-10,15-20H2,1H3,(H,33,35)(H2,34,36,40). The molecule has 1 aliphatic carbocycles. The van der Waals surface area contributed by atoms with E-state index in [1.54, 1.807) is 24.7 Å². The fourth-order valence-corrected chi connectivity index (χ4v) is 6.69. The van der Waals surface area contributed by atoms with Crippen molar-refractivity contribution in [3.63, 3.8) is 0 Å². The van der Waals surface area contributed by atoms with E-state index in [4.69, 9.17) is 11.6 Å². The van der Waals surface area contributed by atoms with Gasteiger partial charge in [-0.15, -0.1) is 0 Å². The largest absolute Gasteiger partial charge is 0.348 e. The molecule has 2 aliphatic rings. The summed E-state index contributed by atoms with van der Waals surface area (Å²) in [7, 11) is 0. The number of ketones is 1. The number of H-pyrrole nitrogens is 1. The first-order valence-corrected chi connectivity index (χ1v) is 15.4. The number of piperidine rings is 1. The Morgan fingerprint density at radius 2 is 1.85 bits per heavy atom. The van der Waals surface area contributed by atoms with Gasteiger partial charge in [0.2, 0.25) is 5.91 Å². The summed E-state index contributed by atoms with van der Waals surface area (Å²) in [5.74, 6) is 0.718. The first-order chi connectivity index (χ1) is 19.4. The van der Waals surface area contributed by atoms with Crippen LogP contribution in [0.15, 0.2) is 36.8 Å². The minimum Gasteiger partial charge on any atom is -0.348 e. The third kappa shape index (κ3) is 7.87. The zero-order valence-corrected chi connectivity index (χ0v) is 24.5. The second-order valence-electron chi connectivity index (χ2n) is 11.5. The molecule has 9 heteroatoms. The number of halogens is 1. The Kier molecular flexibility index (Phi) is 11.0. The van der Waals surface area contributed by atoms with E-state index in [1.807, 2.05) is 17.0 Å². The molecular weight excluding hydrogens is 526 g/mol. The first kappa shape index (κ1) is 30.1. The Balaban J connectivity index is 1.40. The Bertz CT molecular complexity index is 1090. The van der Waals surface area contributed by atoms with Crippen molar-refractivity contribution in [3.8, 4) is 0 Å². The molecule has 3 N–H and O–H groups in total. The minimum atomic E-state index is -0.706. The quantitative estimate of drug-likeness (QED) is 0.295. The molecule has 0 bridgehead atoms. The maximum absolute atomic E-state index is 13.8. The number of urea groups is 1. The van der Waals surface area contributed by atoms with Crippen molar-refractivity contribution in [2.24, 2.45) is 11.3 Å². The number of aromatic amines is 1. The minimum absolute atomic E-state index is 0.0947. The van der Waals surface area contributed by atoms with Crippen molar-refractivity contribution in [1.82, 2.24) is 25.5 Å². The average molecular weight is 570 g/mol. The fourth-order valence-electron chi connectivity index (χ4n) is 6.56. The molecule has 1 aromatic heterocycles. The van der Waals surface area contributed by atoms with Gasteiger partial charge in [0.05, 0.1) is 6.33 Å². The van der Waals surface area contributed by atoms with Gasteiger partial charge >= 0.3 is 6.03 Å². The second kappa shape index (κ2) is 14.7. The second-order valence-corrected chi connectivity index (χ2v) is 11.9. The van der Waals surface area contributed by atoms with Gasteiger partial charge in [0.1, 0.15) is 11.8 Å². The number of hydrogen-bond acceptors (Lipinski definition) is 4. The normalized spacial score (nSPS) is 18.2. The summed E-state index contributed by atoms with van der Waals surface area (Å²) < 4.78 is 0. The molecule has 40 heavy (non-hydrogen) atoms. The molecule has 0 spiro atoms. The van der Waals surface area contributed by atoms with Gasteiger partial charge in [-0.05, 0) is 68.6 Å². The molecule has 2 heterocycles. The molecule has 218 valence electrons. The highest BCUT2D eigenvalue weighted by Gasteiger charge is 2.47. The summed E-state index contributed by atoms with van der Waals surface area (Å²) in [5.41, 5.74) is 1.64. The zero-order chi connectivity index (χ0) is 28.4. The number of hydrogen-bond donors (Lipinski definition) is 3. The average Bonchev–Trinajstić information content (AvgIpc) is 3.50. The maximum Gasteiger partial charge on any atom is 0.315 e.